The number of ether oxygens (including phenoxy) is 7. The number of nitrogens with one attached hydrogen (secondary N) is 1. The predicted molar refractivity (Wildman–Crippen MR) is 145 cm³/mol. The number of carbonyl (C=O) groups excluding carboxylic acids is 1. The number of rotatable bonds is 11. The molecule has 0 saturated carbocycles. The third-order valence-electron chi connectivity index (χ3n) is 8.61. The van der Waals surface area contributed by atoms with Crippen LogP contribution in [0, 0.1) is 0 Å². The molecule has 4 rings (SSSR count). The summed E-state index contributed by atoms with van der Waals surface area (Å²) in [7, 11) is 0. The van der Waals surface area contributed by atoms with Gasteiger partial charge in [0.2, 0.25) is 5.91 Å². The van der Waals surface area contributed by atoms with Crippen LogP contribution < -0.4 is 5.32 Å². The Labute approximate surface area is 272 Å². The van der Waals surface area contributed by atoms with E-state index < -0.39 is 155 Å². The molecule has 0 aromatic rings. The van der Waals surface area contributed by atoms with Gasteiger partial charge in [0.15, 0.2) is 25.2 Å². The second-order valence-corrected chi connectivity index (χ2v) is 11.9. The Hall–Kier alpha value is -1.33. The second kappa shape index (κ2) is 16.8. The average molecular weight is 708 g/mol. The van der Waals surface area contributed by atoms with Gasteiger partial charge in [0.05, 0.1) is 26.4 Å². The van der Waals surface area contributed by atoms with E-state index in [2.05, 4.69) is 5.32 Å². The molecule has 0 spiro atoms. The maximum absolute atomic E-state index is 12.2. The van der Waals surface area contributed by atoms with Crippen molar-refractivity contribution in [3.63, 3.8) is 0 Å². The Kier molecular flexibility index (Phi) is 13.8. The highest BCUT2D eigenvalue weighted by Crippen LogP contribution is 2.34. The Morgan fingerprint density at radius 2 is 0.917 bits per heavy atom. The van der Waals surface area contributed by atoms with Crippen LogP contribution in [0.3, 0.4) is 0 Å². The normalized spacial score (nSPS) is 50.2. The van der Waals surface area contributed by atoms with Crippen LogP contribution in [0.25, 0.3) is 0 Å². The SMILES string of the molecule is CC(=O)N[C@H]1[C@H](O[C@@H]2[C@H](O)[C@@H](O)[C@H](O[C@H]3[C@H](O)[C@@H](O)[C@H](O)O[C@@H]3CO)O[C@@H]2CO)O[C@H](CO)[C@H](O)[C@@H]1O[C@@H]1O[C@H](CO)[C@H](O)[C@H](O)[C@H]1O. The van der Waals surface area contributed by atoms with Crippen LogP contribution in [-0.4, -0.2) is 221 Å². The van der Waals surface area contributed by atoms with E-state index >= 15 is 0 Å². The highest BCUT2D eigenvalue weighted by molar-refractivity contribution is 5.73. The zero-order valence-corrected chi connectivity index (χ0v) is 25.5. The first-order chi connectivity index (χ1) is 22.7. The Balaban J connectivity index is 1.56. The number of hydrogen-bond acceptors (Lipinski definition) is 21. The summed E-state index contributed by atoms with van der Waals surface area (Å²) < 4.78 is 38.7. The lowest BCUT2D eigenvalue weighted by atomic mass is 9.94. The van der Waals surface area contributed by atoms with Crippen molar-refractivity contribution in [1.29, 1.82) is 0 Å². The van der Waals surface area contributed by atoms with Crippen molar-refractivity contribution >= 4 is 5.91 Å². The van der Waals surface area contributed by atoms with E-state index in [-0.39, 0.29) is 0 Å². The van der Waals surface area contributed by atoms with E-state index in [0.29, 0.717) is 0 Å². The van der Waals surface area contributed by atoms with Gasteiger partial charge in [-0.05, 0) is 0 Å². The molecule has 0 bridgehead atoms. The highest BCUT2D eigenvalue weighted by Gasteiger charge is 2.55. The summed E-state index contributed by atoms with van der Waals surface area (Å²) in [6.45, 7) is -2.37. The lowest BCUT2D eigenvalue weighted by Crippen LogP contribution is -2.70. The predicted octanol–water partition coefficient (Wildman–Crippen LogP) is -9.61. The van der Waals surface area contributed by atoms with Crippen molar-refractivity contribution in [2.24, 2.45) is 0 Å². The minimum absolute atomic E-state index is 0.749. The van der Waals surface area contributed by atoms with Crippen LogP contribution in [-0.2, 0) is 38.0 Å². The van der Waals surface area contributed by atoms with Gasteiger partial charge in [0.1, 0.15) is 97.6 Å². The molecule has 4 saturated heterocycles. The smallest absolute Gasteiger partial charge is 0.217 e. The quantitative estimate of drug-likeness (QED) is 0.0947. The summed E-state index contributed by atoms with van der Waals surface area (Å²) >= 11 is 0. The lowest BCUT2D eigenvalue weighted by molar-refractivity contribution is -0.378. The van der Waals surface area contributed by atoms with Crippen LogP contribution in [0.2, 0.25) is 0 Å². The molecule has 22 nitrogen and oxygen atoms in total. The molecule has 48 heavy (non-hydrogen) atoms. The second-order valence-electron chi connectivity index (χ2n) is 11.9. The van der Waals surface area contributed by atoms with Crippen LogP contribution >= 0.6 is 0 Å². The van der Waals surface area contributed by atoms with E-state index in [1.165, 1.54) is 0 Å². The number of hydrogen-bond donors (Lipinski definition) is 14. The number of carbonyl (C=O) groups is 1. The van der Waals surface area contributed by atoms with Gasteiger partial charge in [-0.15, -0.1) is 0 Å². The zero-order valence-electron chi connectivity index (χ0n) is 25.5. The van der Waals surface area contributed by atoms with Gasteiger partial charge >= 0.3 is 0 Å². The fourth-order valence-electron chi connectivity index (χ4n) is 5.95. The summed E-state index contributed by atoms with van der Waals surface area (Å²) in [5.74, 6) is -0.749. The molecule has 4 heterocycles. The first-order valence-corrected chi connectivity index (χ1v) is 15.1. The van der Waals surface area contributed by atoms with Gasteiger partial charge in [-0.25, -0.2) is 0 Å². The molecule has 0 unspecified atom stereocenters. The molecule has 0 radical (unpaired) electrons. The fourth-order valence-corrected chi connectivity index (χ4v) is 5.95. The van der Waals surface area contributed by atoms with Gasteiger partial charge in [-0.1, -0.05) is 0 Å². The fraction of sp³-hybridized carbons (Fsp3) is 0.962. The Morgan fingerprint density at radius 3 is 1.46 bits per heavy atom. The third-order valence-corrected chi connectivity index (χ3v) is 8.61. The maximum Gasteiger partial charge on any atom is 0.217 e. The van der Waals surface area contributed by atoms with Gasteiger partial charge < -0.3 is 105 Å². The van der Waals surface area contributed by atoms with Crippen LogP contribution in [0.15, 0.2) is 0 Å². The van der Waals surface area contributed by atoms with Crippen molar-refractivity contribution in [3.8, 4) is 0 Å². The summed E-state index contributed by atoms with van der Waals surface area (Å²) in [5.41, 5.74) is 0. The molecule has 0 aromatic carbocycles. The summed E-state index contributed by atoms with van der Waals surface area (Å²) in [5, 5.41) is 136. The number of aliphatic hydroxyl groups is 13. The van der Waals surface area contributed by atoms with Crippen molar-refractivity contribution in [3.05, 3.63) is 0 Å². The molecule has 22 heteroatoms. The molecule has 1 amide bonds. The van der Waals surface area contributed by atoms with Gasteiger partial charge in [0, 0.05) is 6.92 Å². The molecular weight excluding hydrogens is 662 g/mol. The van der Waals surface area contributed by atoms with Gasteiger partial charge in [0.25, 0.3) is 0 Å². The molecule has 0 aliphatic carbocycles. The third kappa shape index (κ3) is 8.08. The van der Waals surface area contributed by atoms with E-state index in [1.54, 1.807) is 0 Å². The first kappa shape index (κ1) is 39.5. The van der Waals surface area contributed by atoms with Crippen LogP contribution in [0.4, 0.5) is 0 Å². The first-order valence-electron chi connectivity index (χ1n) is 15.1. The van der Waals surface area contributed by atoms with Crippen molar-refractivity contribution < 1.29 is 104 Å². The Bertz CT molecular complexity index is 1020. The molecule has 0 aromatic heterocycles. The lowest BCUT2D eigenvalue weighted by Gasteiger charge is -2.50. The van der Waals surface area contributed by atoms with Crippen molar-refractivity contribution in [2.75, 3.05) is 26.4 Å². The monoisotopic (exact) mass is 707 g/mol. The van der Waals surface area contributed by atoms with Crippen LogP contribution in [0.1, 0.15) is 6.92 Å². The van der Waals surface area contributed by atoms with E-state index in [0.717, 1.165) is 6.92 Å². The maximum atomic E-state index is 12.2. The summed E-state index contributed by atoms with van der Waals surface area (Å²) in [4.78, 5) is 12.2. The largest absolute Gasteiger partial charge is 0.394 e. The van der Waals surface area contributed by atoms with Crippen molar-refractivity contribution in [1.82, 2.24) is 5.32 Å². The molecular formula is C26H45NO21. The van der Waals surface area contributed by atoms with Crippen molar-refractivity contribution in [2.45, 2.75) is 130 Å². The molecule has 20 atom stereocenters. The molecule has 280 valence electrons. The standard InChI is InChI=1S/C26H45NO21/c1-6(32)27-11-22(48-25-18(39)14(35)12(33)7(2-28)44-25)13(34)8(3-29)43-24(11)46-21-10(5-31)45-26(19(40)16(21)37)47-20-9(4-30)42-23(41)17(38)15(20)36/h7-26,28-31,33-41H,2-5H2,1H3,(H,27,32)/t7-,8-,9-,10-,11-,12+,13+,14+,15-,16-,17-,18-,19-,20-,21+,22-,23-,24+,25+,26+/m1/s1. The molecule has 4 fully saturated rings. The topological polar surface area (TPSA) is 357 Å². The average Bonchev–Trinajstić information content (AvgIpc) is 3.06. The zero-order chi connectivity index (χ0) is 35.6. The highest BCUT2D eigenvalue weighted by atomic mass is 16.8. The minimum Gasteiger partial charge on any atom is -0.394 e. The molecule has 14 N–H and O–H groups in total. The molecule has 4 aliphatic rings. The number of aliphatic hydroxyl groups excluding tert-OH is 13. The summed E-state index contributed by atoms with van der Waals surface area (Å²) in [6.07, 6.45) is -33.5. The van der Waals surface area contributed by atoms with Gasteiger partial charge in [-0.3, -0.25) is 4.79 Å². The van der Waals surface area contributed by atoms with E-state index in [1.807, 2.05) is 0 Å². The minimum atomic E-state index is -2.03. The van der Waals surface area contributed by atoms with Crippen LogP contribution in [0.5, 0.6) is 0 Å². The molecule has 4 aliphatic heterocycles. The van der Waals surface area contributed by atoms with E-state index in [9.17, 15) is 71.2 Å². The Morgan fingerprint density at radius 1 is 0.500 bits per heavy atom. The van der Waals surface area contributed by atoms with Gasteiger partial charge in [-0.2, -0.15) is 0 Å². The number of amides is 1. The summed E-state index contributed by atoms with van der Waals surface area (Å²) in [6, 6.07) is -1.57. The van der Waals surface area contributed by atoms with E-state index in [4.69, 9.17) is 33.2 Å².